The summed E-state index contributed by atoms with van der Waals surface area (Å²) in [5, 5.41) is 1.37. The van der Waals surface area contributed by atoms with Gasteiger partial charge in [0.2, 0.25) is 0 Å². The minimum Gasteiger partial charge on any atom is -0.293 e. The molecule has 2 aromatic heterocycles. The smallest absolute Gasteiger partial charge is 0.176 e. The largest absolute Gasteiger partial charge is 0.293 e. The predicted octanol–water partition coefficient (Wildman–Crippen LogP) is 6.69. The molecule has 5 nitrogen and oxygen atoms in total. The Hall–Kier alpha value is -3.32. The lowest BCUT2D eigenvalue weighted by atomic mass is 9.99. The molecule has 1 aliphatic carbocycles. The molecule has 0 N–H and O–H groups in total. The second-order valence-corrected chi connectivity index (χ2v) is 9.80. The van der Waals surface area contributed by atoms with Gasteiger partial charge in [0.1, 0.15) is 10.8 Å². The average Bonchev–Trinajstić information content (AvgIpc) is 3.47. The summed E-state index contributed by atoms with van der Waals surface area (Å²) < 4.78 is 1.93. The van der Waals surface area contributed by atoms with Gasteiger partial charge in [-0.15, -0.1) is 0 Å². The SMILES string of the molecule is O=C1c2cc(Cl)c(Cl)cc2C(=O)C1Cc1nc2sc(-c3ccccc3)nc2n1-c1ccccc1. The van der Waals surface area contributed by atoms with Crippen LogP contribution < -0.4 is 0 Å². The van der Waals surface area contributed by atoms with Gasteiger partial charge < -0.3 is 0 Å². The molecule has 0 unspecified atom stereocenters. The molecule has 2 heterocycles. The minimum absolute atomic E-state index is 0.153. The summed E-state index contributed by atoms with van der Waals surface area (Å²) in [6.07, 6.45) is 0.153. The number of para-hydroxylation sites is 1. The van der Waals surface area contributed by atoms with Crippen LogP contribution in [0.4, 0.5) is 0 Å². The van der Waals surface area contributed by atoms with E-state index in [-0.39, 0.29) is 28.0 Å². The Morgan fingerprint density at radius 1 is 0.824 bits per heavy atom. The minimum atomic E-state index is -0.878. The fraction of sp³-hybridized carbons (Fsp3) is 0.0769. The maximum atomic E-state index is 13.1. The van der Waals surface area contributed by atoms with Crippen molar-refractivity contribution in [2.45, 2.75) is 6.42 Å². The Morgan fingerprint density at radius 3 is 2.03 bits per heavy atom. The summed E-state index contributed by atoms with van der Waals surface area (Å²) in [7, 11) is 0. The highest BCUT2D eigenvalue weighted by molar-refractivity contribution is 7.21. The second-order valence-electron chi connectivity index (χ2n) is 8.01. The Kier molecular flexibility index (Phi) is 5.10. The zero-order valence-electron chi connectivity index (χ0n) is 17.5. The van der Waals surface area contributed by atoms with E-state index in [4.69, 9.17) is 33.2 Å². The molecule has 0 saturated carbocycles. The summed E-state index contributed by atoms with van der Waals surface area (Å²) >= 11 is 13.7. The van der Waals surface area contributed by atoms with Crippen LogP contribution >= 0.6 is 34.5 Å². The molecule has 1 aliphatic rings. The number of fused-ring (bicyclic) bond motifs is 2. The van der Waals surface area contributed by atoms with Gasteiger partial charge >= 0.3 is 0 Å². The maximum absolute atomic E-state index is 13.1. The van der Waals surface area contributed by atoms with E-state index in [2.05, 4.69) is 0 Å². The number of ketones is 2. The standard InChI is InChI=1S/C26H15Cl2N3O2S/c27-19-11-16-17(12-20(19)28)23(33)18(22(16)32)13-21-29-26-24(31(21)15-9-5-2-6-10-15)30-25(34-26)14-7-3-1-4-8-14/h1-12,18H,13H2. The number of thiazole rings is 1. The maximum Gasteiger partial charge on any atom is 0.176 e. The number of rotatable bonds is 4. The average molecular weight is 504 g/mol. The predicted molar refractivity (Wildman–Crippen MR) is 134 cm³/mol. The van der Waals surface area contributed by atoms with Crippen LogP contribution in [0, 0.1) is 5.92 Å². The Balaban J connectivity index is 1.45. The molecule has 0 atom stereocenters. The van der Waals surface area contributed by atoms with E-state index >= 15 is 0 Å². The number of carbonyl (C=O) groups excluding carboxylic acids is 2. The third-order valence-electron chi connectivity index (χ3n) is 5.94. The molecule has 0 bridgehead atoms. The fourth-order valence-corrected chi connectivity index (χ4v) is 5.59. The summed E-state index contributed by atoms with van der Waals surface area (Å²) in [6, 6.07) is 22.6. The molecule has 5 aromatic rings. The first-order chi connectivity index (χ1) is 16.5. The van der Waals surface area contributed by atoms with Crippen molar-refractivity contribution in [3.63, 3.8) is 0 Å². The Morgan fingerprint density at radius 2 is 1.41 bits per heavy atom. The fourth-order valence-electron chi connectivity index (χ4n) is 4.32. The van der Waals surface area contributed by atoms with Gasteiger partial charge in [-0.05, 0) is 24.3 Å². The summed E-state index contributed by atoms with van der Waals surface area (Å²) in [5.41, 5.74) is 3.21. The van der Waals surface area contributed by atoms with Crippen LogP contribution in [0.5, 0.6) is 0 Å². The summed E-state index contributed by atoms with van der Waals surface area (Å²) in [6.45, 7) is 0. The lowest BCUT2D eigenvalue weighted by Crippen LogP contribution is -2.20. The van der Waals surface area contributed by atoms with Crippen LogP contribution in [0.2, 0.25) is 10.0 Å². The van der Waals surface area contributed by atoms with Crippen LogP contribution in [0.25, 0.3) is 26.7 Å². The lowest BCUT2D eigenvalue weighted by molar-refractivity contribution is 0.0836. The molecule has 0 amide bonds. The van der Waals surface area contributed by atoms with Crippen molar-refractivity contribution in [2.75, 3.05) is 0 Å². The number of hydrogen-bond acceptors (Lipinski definition) is 5. The molecule has 0 spiro atoms. The number of aromatic nitrogens is 3. The number of nitrogens with zero attached hydrogens (tertiary/aromatic N) is 3. The molecule has 8 heteroatoms. The number of Topliss-reactive ketones (excluding diaryl/α,β-unsaturated/α-hetero) is 2. The van der Waals surface area contributed by atoms with Gasteiger partial charge in [-0.1, -0.05) is 83.1 Å². The first kappa shape index (κ1) is 21.2. The topological polar surface area (TPSA) is 64.8 Å². The van der Waals surface area contributed by atoms with Gasteiger partial charge in [0.25, 0.3) is 0 Å². The molecule has 34 heavy (non-hydrogen) atoms. The molecule has 166 valence electrons. The first-order valence-electron chi connectivity index (χ1n) is 10.6. The van der Waals surface area contributed by atoms with Gasteiger partial charge in [-0.3, -0.25) is 14.2 Å². The van der Waals surface area contributed by atoms with Crippen molar-refractivity contribution < 1.29 is 9.59 Å². The van der Waals surface area contributed by atoms with Crippen LogP contribution in [-0.4, -0.2) is 26.1 Å². The monoisotopic (exact) mass is 503 g/mol. The van der Waals surface area contributed by atoms with Crippen LogP contribution in [0.3, 0.4) is 0 Å². The number of carbonyl (C=O) groups is 2. The lowest BCUT2D eigenvalue weighted by Gasteiger charge is -2.11. The number of imidazole rings is 1. The third-order valence-corrected chi connectivity index (χ3v) is 7.65. The first-order valence-corrected chi connectivity index (χ1v) is 12.1. The molecule has 0 aliphatic heterocycles. The summed E-state index contributed by atoms with van der Waals surface area (Å²) in [4.78, 5) is 36.7. The number of halogens is 2. The molecule has 0 radical (unpaired) electrons. The quantitative estimate of drug-likeness (QED) is 0.256. The number of hydrogen-bond donors (Lipinski definition) is 0. The highest BCUT2D eigenvalue weighted by Crippen LogP contribution is 2.37. The van der Waals surface area contributed by atoms with Crippen molar-refractivity contribution in [3.8, 4) is 16.3 Å². The van der Waals surface area contributed by atoms with E-state index in [0.717, 1.165) is 21.1 Å². The van der Waals surface area contributed by atoms with Gasteiger partial charge in [0.15, 0.2) is 22.0 Å². The number of benzene rings is 3. The second kappa shape index (κ2) is 8.17. The van der Waals surface area contributed by atoms with Crippen LogP contribution in [0.1, 0.15) is 26.5 Å². The van der Waals surface area contributed by atoms with Gasteiger partial charge in [0.05, 0.1) is 16.0 Å². The van der Waals surface area contributed by atoms with E-state index < -0.39 is 5.92 Å². The normalized spacial score (nSPS) is 13.7. The third kappa shape index (κ3) is 3.38. The van der Waals surface area contributed by atoms with E-state index in [1.165, 1.54) is 23.5 Å². The summed E-state index contributed by atoms with van der Waals surface area (Å²) in [5.74, 6) is -0.793. The van der Waals surface area contributed by atoms with E-state index in [9.17, 15) is 9.59 Å². The Labute approximate surface area is 208 Å². The van der Waals surface area contributed by atoms with E-state index in [1.807, 2.05) is 65.2 Å². The molecule has 3 aromatic carbocycles. The molecule has 6 rings (SSSR count). The van der Waals surface area contributed by atoms with Crippen molar-refractivity contribution in [3.05, 3.63) is 99.8 Å². The van der Waals surface area contributed by atoms with Crippen molar-refractivity contribution in [2.24, 2.45) is 5.92 Å². The molecular formula is C26H15Cl2N3O2S. The molecule has 0 saturated heterocycles. The highest BCUT2D eigenvalue weighted by atomic mass is 35.5. The zero-order chi connectivity index (χ0) is 23.4. The van der Waals surface area contributed by atoms with Gasteiger partial charge in [0, 0.05) is 28.8 Å². The van der Waals surface area contributed by atoms with Crippen molar-refractivity contribution in [1.29, 1.82) is 0 Å². The van der Waals surface area contributed by atoms with Crippen LogP contribution in [0.15, 0.2) is 72.8 Å². The van der Waals surface area contributed by atoms with Crippen LogP contribution in [-0.2, 0) is 6.42 Å². The van der Waals surface area contributed by atoms with Crippen molar-refractivity contribution >= 4 is 56.6 Å². The molecule has 0 fully saturated rings. The zero-order valence-corrected chi connectivity index (χ0v) is 19.9. The van der Waals surface area contributed by atoms with Crippen molar-refractivity contribution in [1.82, 2.24) is 14.5 Å². The Bertz CT molecular complexity index is 1550. The highest BCUT2D eigenvalue weighted by Gasteiger charge is 2.40. The van der Waals surface area contributed by atoms with E-state index in [1.54, 1.807) is 0 Å². The van der Waals surface area contributed by atoms with Gasteiger partial charge in [-0.25, -0.2) is 9.97 Å². The van der Waals surface area contributed by atoms with E-state index in [0.29, 0.717) is 22.6 Å². The molecular weight excluding hydrogens is 489 g/mol. The van der Waals surface area contributed by atoms with Gasteiger partial charge in [-0.2, -0.15) is 0 Å².